The number of ether oxygens (including phenoxy) is 2. The predicted octanol–water partition coefficient (Wildman–Crippen LogP) is 2.17. The lowest BCUT2D eigenvalue weighted by Crippen LogP contribution is -2.05. The van der Waals surface area contributed by atoms with Gasteiger partial charge in [-0.1, -0.05) is 0 Å². The molecule has 5 heteroatoms. The molecule has 0 N–H and O–H groups in total. The smallest absolute Gasteiger partial charge is 0.235 e. The molecule has 1 aromatic carbocycles. The molecule has 1 aliphatic carbocycles. The van der Waals surface area contributed by atoms with Gasteiger partial charge in [0.15, 0.2) is 17.3 Å². The first kappa shape index (κ1) is 11.6. The number of benzene rings is 1. The molecule has 0 atom stereocenters. The normalized spacial score (nSPS) is 15.9. The van der Waals surface area contributed by atoms with Gasteiger partial charge >= 0.3 is 0 Å². The van der Waals surface area contributed by atoms with E-state index >= 15 is 0 Å². The molecule has 0 bridgehead atoms. The van der Waals surface area contributed by atoms with E-state index < -0.39 is 11.4 Å². The molecule has 0 heterocycles. The first-order chi connectivity index (χ1) is 8.16. The fraction of sp³-hybridized carbons (Fsp3) is 0.417. The first-order valence-corrected chi connectivity index (χ1v) is 5.18. The van der Waals surface area contributed by atoms with Crippen molar-refractivity contribution in [3.8, 4) is 11.5 Å². The lowest BCUT2D eigenvalue weighted by atomic mass is 10.0. The van der Waals surface area contributed by atoms with Crippen molar-refractivity contribution < 1.29 is 18.7 Å². The summed E-state index contributed by atoms with van der Waals surface area (Å²) in [6.07, 6.45) is 2.97. The molecule has 2 rings (SSSR count). The number of hydrogen-bond donors (Lipinski definition) is 0. The second kappa shape index (κ2) is 4.18. The van der Waals surface area contributed by atoms with E-state index in [2.05, 4.69) is 4.99 Å². The molecule has 0 unspecified atom stereocenters. The number of halogens is 1. The van der Waals surface area contributed by atoms with Gasteiger partial charge in [-0.05, 0) is 30.5 Å². The molecule has 1 saturated carbocycles. The van der Waals surface area contributed by atoms with Gasteiger partial charge in [-0.25, -0.2) is 9.18 Å². The van der Waals surface area contributed by atoms with Crippen LogP contribution in [0.15, 0.2) is 17.1 Å². The Balaban J connectivity index is 2.51. The molecule has 0 spiro atoms. The molecular weight excluding hydrogens is 225 g/mol. The molecule has 0 aromatic heterocycles. The Labute approximate surface area is 98.1 Å². The number of rotatable bonds is 4. The number of nitrogens with zero attached hydrogens (tertiary/aromatic N) is 1. The summed E-state index contributed by atoms with van der Waals surface area (Å²) < 4.78 is 23.7. The Morgan fingerprint density at radius 1 is 1.35 bits per heavy atom. The minimum absolute atomic E-state index is 0.0575. The van der Waals surface area contributed by atoms with Gasteiger partial charge < -0.3 is 9.47 Å². The Bertz CT molecular complexity index is 491. The highest BCUT2D eigenvalue weighted by atomic mass is 19.1. The molecule has 1 fully saturated rings. The van der Waals surface area contributed by atoms with Crippen LogP contribution in [0.2, 0.25) is 0 Å². The van der Waals surface area contributed by atoms with Crippen molar-refractivity contribution in [1.82, 2.24) is 0 Å². The quantitative estimate of drug-likeness (QED) is 0.595. The molecule has 0 aliphatic heterocycles. The number of aliphatic imine (C=N–C) groups is 1. The summed E-state index contributed by atoms with van der Waals surface area (Å²) >= 11 is 0. The highest BCUT2D eigenvalue weighted by molar-refractivity contribution is 5.49. The maximum absolute atomic E-state index is 13.8. The van der Waals surface area contributed by atoms with Crippen molar-refractivity contribution in [3.05, 3.63) is 23.5 Å². The summed E-state index contributed by atoms with van der Waals surface area (Å²) in [5.74, 6) is -0.161. The van der Waals surface area contributed by atoms with Crippen molar-refractivity contribution in [2.45, 2.75) is 18.4 Å². The van der Waals surface area contributed by atoms with Crippen molar-refractivity contribution in [2.75, 3.05) is 14.2 Å². The van der Waals surface area contributed by atoms with Crippen LogP contribution in [0, 0.1) is 5.82 Å². The Morgan fingerprint density at radius 3 is 2.53 bits per heavy atom. The van der Waals surface area contributed by atoms with Crippen LogP contribution in [0.25, 0.3) is 0 Å². The summed E-state index contributed by atoms with van der Waals surface area (Å²) in [4.78, 5) is 14.1. The van der Waals surface area contributed by atoms with E-state index in [1.54, 1.807) is 6.07 Å². The Hall–Kier alpha value is -1.87. The summed E-state index contributed by atoms with van der Waals surface area (Å²) in [6.45, 7) is 0. The van der Waals surface area contributed by atoms with Crippen LogP contribution < -0.4 is 9.47 Å². The minimum Gasteiger partial charge on any atom is -0.493 e. The molecule has 0 amide bonds. The predicted molar refractivity (Wildman–Crippen MR) is 58.5 cm³/mol. The van der Waals surface area contributed by atoms with Crippen LogP contribution in [0.1, 0.15) is 18.4 Å². The topological polar surface area (TPSA) is 47.9 Å². The van der Waals surface area contributed by atoms with Crippen molar-refractivity contribution >= 4 is 6.08 Å². The van der Waals surface area contributed by atoms with Crippen LogP contribution >= 0.6 is 0 Å². The fourth-order valence-corrected chi connectivity index (χ4v) is 1.86. The van der Waals surface area contributed by atoms with Gasteiger partial charge in [0.05, 0.1) is 19.8 Å². The van der Waals surface area contributed by atoms with Crippen LogP contribution in [0.5, 0.6) is 11.5 Å². The van der Waals surface area contributed by atoms with Gasteiger partial charge in [-0.15, -0.1) is 0 Å². The number of isocyanates is 1. The van der Waals surface area contributed by atoms with Gasteiger partial charge in [-0.3, -0.25) is 0 Å². The van der Waals surface area contributed by atoms with E-state index in [1.807, 2.05) is 0 Å². The fourth-order valence-electron chi connectivity index (χ4n) is 1.86. The molecule has 1 aromatic rings. The maximum atomic E-state index is 13.8. The molecule has 0 radical (unpaired) electrons. The van der Waals surface area contributed by atoms with Crippen molar-refractivity contribution in [1.29, 1.82) is 0 Å². The van der Waals surface area contributed by atoms with Gasteiger partial charge in [0.25, 0.3) is 0 Å². The second-order valence-electron chi connectivity index (χ2n) is 3.93. The summed E-state index contributed by atoms with van der Waals surface area (Å²) in [5, 5.41) is 0. The summed E-state index contributed by atoms with van der Waals surface area (Å²) in [5.41, 5.74) is 0.0123. The molecular formula is C12H12FNO3. The lowest BCUT2D eigenvalue weighted by Gasteiger charge is -2.13. The number of carbonyl (C=O) groups excluding carboxylic acids is 1. The zero-order valence-corrected chi connectivity index (χ0v) is 9.62. The van der Waals surface area contributed by atoms with Crippen LogP contribution in [0.4, 0.5) is 4.39 Å². The zero-order valence-electron chi connectivity index (χ0n) is 9.62. The van der Waals surface area contributed by atoms with Crippen molar-refractivity contribution in [2.24, 2.45) is 4.99 Å². The van der Waals surface area contributed by atoms with E-state index in [0.29, 0.717) is 11.3 Å². The molecule has 90 valence electrons. The molecule has 4 nitrogen and oxygen atoms in total. The molecule has 1 aliphatic rings. The number of methoxy groups -OCH3 is 2. The van der Waals surface area contributed by atoms with Gasteiger partial charge in [0.1, 0.15) is 0 Å². The standard InChI is InChI=1S/C12H12FNO3/c1-16-10-6-8(5-9(13)11(10)17-2)12(3-4-12)14-7-15/h5-6H,3-4H2,1-2H3. The highest BCUT2D eigenvalue weighted by Crippen LogP contribution is 2.51. The largest absolute Gasteiger partial charge is 0.493 e. The van der Waals surface area contributed by atoms with E-state index in [-0.39, 0.29) is 5.75 Å². The van der Waals surface area contributed by atoms with E-state index in [9.17, 15) is 9.18 Å². The summed E-state index contributed by atoms with van der Waals surface area (Å²) in [7, 11) is 2.81. The Kier molecular flexibility index (Phi) is 2.86. The van der Waals surface area contributed by atoms with Crippen LogP contribution in [0.3, 0.4) is 0 Å². The average Bonchev–Trinajstić information content (AvgIpc) is 3.09. The zero-order chi connectivity index (χ0) is 12.5. The molecule has 17 heavy (non-hydrogen) atoms. The third-order valence-corrected chi connectivity index (χ3v) is 2.95. The summed E-state index contributed by atoms with van der Waals surface area (Å²) in [6, 6.07) is 2.98. The van der Waals surface area contributed by atoms with E-state index in [1.165, 1.54) is 26.4 Å². The van der Waals surface area contributed by atoms with Gasteiger partial charge in [0, 0.05) is 0 Å². The maximum Gasteiger partial charge on any atom is 0.235 e. The van der Waals surface area contributed by atoms with Crippen LogP contribution in [-0.4, -0.2) is 20.3 Å². The van der Waals surface area contributed by atoms with E-state index in [4.69, 9.17) is 9.47 Å². The first-order valence-electron chi connectivity index (χ1n) is 5.18. The monoisotopic (exact) mass is 237 g/mol. The third-order valence-electron chi connectivity index (χ3n) is 2.95. The lowest BCUT2D eigenvalue weighted by molar-refractivity contribution is 0.336. The average molecular weight is 237 g/mol. The molecule has 0 saturated heterocycles. The number of hydrogen-bond acceptors (Lipinski definition) is 4. The SMILES string of the molecule is COc1cc(C2(N=C=O)CC2)cc(F)c1OC. The van der Waals surface area contributed by atoms with Crippen LogP contribution in [-0.2, 0) is 10.3 Å². The van der Waals surface area contributed by atoms with Gasteiger partial charge in [-0.2, -0.15) is 4.99 Å². The Morgan fingerprint density at radius 2 is 2.06 bits per heavy atom. The van der Waals surface area contributed by atoms with Crippen molar-refractivity contribution in [3.63, 3.8) is 0 Å². The second-order valence-corrected chi connectivity index (χ2v) is 3.93. The van der Waals surface area contributed by atoms with E-state index in [0.717, 1.165) is 12.8 Å². The third kappa shape index (κ3) is 1.89. The minimum atomic E-state index is -0.609. The highest BCUT2D eigenvalue weighted by Gasteiger charge is 2.45. The van der Waals surface area contributed by atoms with Gasteiger partial charge in [0.2, 0.25) is 6.08 Å².